The van der Waals surface area contributed by atoms with Crippen LogP contribution in [0.2, 0.25) is 0 Å². The molecule has 0 bridgehead atoms. The number of esters is 1. The largest absolute Gasteiger partial charge is 0.465 e. The van der Waals surface area contributed by atoms with E-state index < -0.39 is 6.04 Å². The van der Waals surface area contributed by atoms with Crippen molar-refractivity contribution in [2.75, 3.05) is 6.61 Å². The molecule has 0 saturated heterocycles. The van der Waals surface area contributed by atoms with E-state index >= 15 is 0 Å². The zero-order valence-corrected chi connectivity index (χ0v) is 10.8. The monoisotopic (exact) mass is 259 g/mol. The minimum Gasteiger partial charge on any atom is -0.465 e. The number of hydrogen-bond donors (Lipinski definition) is 1. The van der Waals surface area contributed by atoms with Crippen LogP contribution in [-0.2, 0) is 16.0 Å². The maximum absolute atomic E-state index is 11.4. The number of aromatic nitrogens is 2. The van der Waals surface area contributed by atoms with Gasteiger partial charge in [-0.2, -0.15) is 0 Å². The molecule has 5 nitrogen and oxygen atoms in total. The predicted molar refractivity (Wildman–Crippen MR) is 71.9 cm³/mol. The lowest BCUT2D eigenvalue weighted by Crippen LogP contribution is -2.34. The molecule has 0 fully saturated rings. The molecule has 0 radical (unpaired) electrons. The number of nitrogens with zero attached hydrogens (tertiary/aromatic N) is 2. The molecule has 1 aromatic carbocycles. The molecule has 19 heavy (non-hydrogen) atoms. The maximum atomic E-state index is 11.4. The van der Waals surface area contributed by atoms with Gasteiger partial charge in [0.25, 0.3) is 0 Å². The lowest BCUT2D eigenvalue weighted by molar-refractivity contribution is -0.144. The second-order valence-electron chi connectivity index (χ2n) is 4.20. The first-order chi connectivity index (χ1) is 9.20. The average Bonchev–Trinajstić information content (AvgIpc) is 2.94. The number of nitrogens with two attached hydrogens (primary N) is 1. The number of ether oxygens (including phenoxy) is 1. The summed E-state index contributed by atoms with van der Waals surface area (Å²) in [4.78, 5) is 15.4. The molecule has 1 unspecified atom stereocenters. The van der Waals surface area contributed by atoms with Crippen LogP contribution in [0.4, 0.5) is 0 Å². The Morgan fingerprint density at radius 3 is 2.74 bits per heavy atom. The summed E-state index contributed by atoms with van der Waals surface area (Å²) in [5, 5.41) is 0. The van der Waals surface area contributed by atoms with Crippen molar-refractivity contribution in [3.63, 3.8) is 0 Å². The van der Waals surface area contributed by atoms with E-state index in [1.54, 1.807) is 19.4 Å². The Morgan fingerprint density at radius 1 is 1.42 bits per heavy atom. The molecular formula is C14H17N3O2. The van der Waals surface area contributed by atoms with Crippen LogP contribution in [0, 0.1) is 0 Å². The molecule has 100 valence electrons. The topological polar surface area (TPSA) is 70.1 Å². The summed E-state index contributed by atoms with van der Waals surface area (Å²) in [5.74, 6) is -0.360. The van der Waals surface area contributed by atoms with Gasteiger partial charge in [0.05, 0.1) is 12.9 Å². The number of benzene rings is 1. The van der Waals surface area contributed by atoms with Crippen molar-refractivity contribution >= 4 is 5.97 Å². The minimum atomic E-state index is -0.612. The van der Waals surface area contributed by atoms with Crippen molar-refractivity contribution in [2.24, 2.45) is 5.73 Å². The molecule has 0 aliphatic rings. The summed E-state index contributed by atoms with van der Waals surface area (Å²) < 4.78 is 6.79. The van der Waals surface area contributed by atoms with Gasteiger partial charge in [-0.15, -0.1) is 0 Å². The second-order valence-corrected chi connectivity index (χ2v) is 4.20. The first kappa shape index (κ1) is 13.3. The van der Waals surface area contributed by atoms with E-state index in [2.05, 4.69) is 4.98 Å². The number of hydrogen-bond acceptors (Lipinski definition) is 4. The first-order valence-corrected chi connectivity index (χ1v) is 6.20. The Kier molecular flexibility index (Phi) is 4.30. The molecule has 1 heterocycles. The molecule has 2 aromatic rings. The van der Waals surface area contributed by atoms with Gasteiger partial charge in [-0.25, -0.2) is 4.98 Å². The molecule has 2 rings (SSSR count). The van der Waals surface area contributed by atoms with Gasteiger partial charge in [0.15, 0.2) is 0 Å². The highest BCUT2D eigenvalue weighted by atomic mass is 16.5. The molecule has 0 amide bonds. The van der Waals surface area contributed by atoms with Gasteiger partial charge >= 0.3 is 5.97 Å². The van der Waals surface area contributed by atoms with Crippen LogP contribution in [0.25, 0.3) is 5.69 Å². The van der Waals surface area contributed by atoms with Gasteiger partial charge in [-0.05, 0) is 31.0 Å². The van der Waals surface area contributed by atoms with Crippen LogP contribution >= 0.6 is 0 Å². The van der Waals surface area contributed by atoms with E-state index in [1.807, 2.05) is 35.0 Å². The number of imidazole rings is 1. The highest BCUT2D eigenvalue weighted by Gasteiger charge is 2.14. The van der Waals surface area contributed by atoms with Crippen molar-refractivity contribution in [3.05, 3.63) is 48.5 Å². The molecular weight excluding hydrogens is 242 g/mol. The van der Waals surface area contributed by atoms with Crippen LogP contribution in [0.5, 0.6) is 0 Å². The average molecular weight is 259 g/mol. The lowest BCUT2D eigenvalue weighted by atomic mass is 10.1. The SMILES string of the molecule is CCOC(=O)C(N)Cc1ccc(-n2ccnc2)cc1. The normalized spacial score (nSPS) is 12.1. The number of carbonyl (C=O) groups excluding carboxylic acids is 1. The van der Waals surface area contributed by atoms with E-state index in [4.69, 9.17) is 10.5 Å². The molecule has 2 N–H and O–H groups in total. The summed E-state index contributed by atoms with van der Waals surface area (Å²) in [6.07, 6.45) is 5.81. The minimum absolute atomic E-state index is 0.353. The lowest BCUT2D eigenvalue weighted by Gasteiger charge is -2.11. The van der Waals surface area contributed by atoms with Crippen LogP contribution in [0.15, 0.2) is 43.0 Å². The Hall–Kier alpha value is -2.14. The van der Waals surface area contributed by atoms with Gasteiger partial charge in [0.2, 0.25) is 0 Å². The van der Waals surface area contributed by atoms with E-state index in [0.717, 1.165) is 11.3 Å². The van der Waals surface area contributed by atoms with E-state index in [9.17, 15) is 4.79 Å². The van der Waals surface area contributed by atoms with E-state index in [0.29, 0.717) is 13.0 Å². The zero-order chi connectivity index (χ0) is 13.7. The molecule has 0 saturated carbocycles. The third-order valence-electron chi connectivity index (χ3n) is 2.78. The Morgan fingerprint density at radius 2 is 2.16 bits per heavy atom. The standard InChI is InChI=1S/C14H17N3O2/c1-2-19-14(18)13(15)9-11-3-5-12(6-4-11)17-8-7-16-10-17/h3-8,10,13H,2,9,15H2,1H3. The van der Waals surface area contributed by atoms with Crippen LogP contribution in [-0.4, -0.2) is 28.2 Å². The molecule has 1 aromatic heterocycles. The van der Waals surface area contributed by atoms with Gasteiger partial charge in [-0.3, -0.25) is 4.79 Å². The van der Waals surface area contributed by atoms with Crippen molar-refractivity contribution in [1.82, 2.24) is 9.55 Å². The van der Waals surface area contributed by atoms with Crippen molar-refractivity contribution in [3.8, 4) is 5.69 Å². The van der Waals surface area contributed by atoms with Crippen LogP contribution in [0.3, 0.4) is 0 Å². The summed E-state index contributed by atoms with van der Waals surface area (Å²) in [5.41, 5.74) is 7.80. The molecule has 0 spiro atoms. The first-order valence-electron chi connectivity index (χ1n) is 6.20. The van der Waals surface area contributed by atoms with E-state index in [-0.39, 0.29) is 5.97 Å². The summed E-state index contributed by atoms with van der Waals surface area (Å²) in [6.45, 7) is 2.12. The Bertz CT molecular complexity index is 520. The van der Waals surface area contributed by atoms with Gasteiger partial charge in [0.1, 0.15) is 6.04 Å². The summed E-state index contributed by atoms with van der Waals surface area (Å²) >= 11 is 0. The zero-order valence-electron chi connectivity index (χ0n) is 10.8. The van der Waals surface area contributed by atoms with Crippen LogP contribution < -0.4 is 5.73 Å². The second kappa shape index (κ2) is 6.15. The Labute approximate surface area is 112 Å². The van der Waals surface area contributed by atoms with Gasteiger partial charge in [-0.1, -0.05) is 12.1 Å². The van der Waals surface area contributed by atoms with Crippen molar-refractivity contribution in [2.45, 2.75) is 19.4 Å². The fourth-order valence-corrected chi connectivity index (χ4v) is 1.80. The fourth-order valence-electron chi connectivity index (χ4n) is 1.80. The van der Waals surface area contributed by atoms with E-state index in [1.165, 1.54) is 0 Å². The molecule has 0 aliphatic carbocycles. The van der Waals surface area contributed by atoms with Gasteiger partial charge in [0, 0.05) is 18.1 Å². The quantitative estimate of drug-likeness (QED) is 0.822. The third-order valence-corrected chi connectivity index (χ3v) is 2.78. The van der Waals surface area contributed by atoms with Crippen molar-refractivity contribution in [1.29, 1.82) is 0 Å². The number of carbonyl (C=O) groups is 1. The Balaban J connectivity index is 2.01. The highest BCUT2D eigenvalue weighted by molar-refractivity contribution is 5.75. The van der Waals surface area contributed by atoms with Gasteiger partial charge < -0.3 is 15.0 Å². The highest BCUT2D eigenvalue weighted by Crippen LogP contribution is 2.10. The fraction of sp³-hybridized carbons (Fsp3) is 0.286. The third kappa shape index (κ3) is 3.42. The van der Waals surface area contributed by atoms with Crippen molar-refractivity contribution < 1.29 is 9.53 Å². The molecule has 5 heteroatoms. The molecule has 0 aliphatic heterocycles. The predicted octanol–water partition coefficient (Wildman–Crippen LogP) is 1.31. The maximum Gasteiger partial charge on any atom is 0.323 e. The summed E-state index contributed by atoms with van der Waals surface area (Å²) in [7, 11) is 0. The smallest absolute Gasteiger partial charge is 0.323 e. The number of rotatable bonds is 5. The van der Waals surface area contributed by atoms with Crippen LogP contribution in [0.1, 0.15) is 12.5 Å². The summed E-state index contributed by atoms with van der Waals surface area (Å²) in [6, 6.07) is 7.23. The molecule has 1 atom stereocenters.